The van der Waals surface area contributed by atoms with Crippen LogP contribution >= 0.6 is 0 Å². The lowest BCUT2D eigenvalue weighted by Crippen LogP contribution is -2.42. The average Bonchev–Trinajstić information content (AvgIpc) is 3.15. The number of carbonyl (C=O) groups is 4. The Labute approximate surface area is 166 Å². The predicted molar refractivity (Wildman–Crippen MR) is 98.4 cm³/mol. The lowest BCUT2D eigenvalue weighted by molar-refractivity contribution is -0.171. The second kappa shape index (κ2) is 7.38. The minimum absolute atomic E-state index is 0.127. The van der Waals surface area contributed by atoms with E-state index >= 15 is 0 Å². The van der Waals surface area contributed by atoms with Crippen LogP contribution in [-0.2, 0) is 21.4 Å². The molecule has 10 heteroatoms. The van der Waals surface area contributed by atoms with E-state index in [1.165, 1.54) is 29.1 Å². The number of alkyl carbamates (subject to hydrolysis) is 1. The van der Waals surface area contributed by atoms with Crippen LogP contribution in [0.4, 0.5) is 4.79 Å². The third-order valence-electron chi connectivity index (χ3n) is 3.99. The first kappa shape index (κ1) is 20.1. The van der Waals surface area contributed by atoms with Crippen LogP contribution in [0, 0.1) is 0 Å². The van der Waals surface area contributed by atoms with Gasteiger partial charge in [-0.05, 0) is 39.0 Å². The average molecular weight is 400 g/mol. The Morgan fingerprint density at radius 2 is 1.66 bits per heavy atom. The van der Waals surface area contributed by atoms with Crippen molar-refractivity contribution < 1.29 is 28.8 Å². The summed E-state index contributed by atoms with van der Waals surface area (Å²) < 4.78 is 6.54. The summed E-state index contributed by atoms with van der Waals surface area (Å²) in [4.78, 5) is 54.9. The van der Waals surface area contributed by atoms with Crippen LogP contribution in [0.3, 0.4) is 0 Å². The molecule has 0 fully saturated rings. The number of hydrogen-bond donors (Lipinski definition) is 1. The van der Waals surface area contributed by atoms with Crippen LogP contribution in [0.2, 0.25) is 0 Å². The van der Waals surface area contributed by atoms with Crippen molar-refractivity contribution in [1.82, 2.24) is 20.2 Å². The zero-order chi connectivity index (χ0) is 21.3. The number of carbonyl (C=O) groups excluding carboxylic acids is 4. The SMILES string of the molecule is Cn1nccc1C(NC(=O)OC(C)(C)C)C(=O)ON1C(=O)c2ccccc2C1=O. The number of nitrogens with one attached hydrogen (secondary N) is 1. The number of imide groups is 1. The van der Waals surface area contributed by atoms with E-state index in [1.54, 1.807) is 40.0 Å². The Morgan fingerprint density at radius 1 is 1.07 bits per heavy atom. The predicted octanol–water partition coefficient (Wildman–Crippen LogP) is 1.74. The summed E-state index contributed by atoms with van der Waals surface area (Å²) >= 11 is 0. The molecule has 3 rings (SSSR count). The smallest absolute Gasteiger partial charge is 0.408 e. The van der Waals surface area contributed by atoms with Gasteiger partial charge in [-0.25, -0.2) is 9.59 Å². The fraction of sp³-hybridized carbons (Fsp3) is 0.316. The van der Waals surface area contributed by atoms with Gasteiger partial charge in [0.05, 0.1) is 16.8 Å². The fourth-order valence-corrected chi connectivity index (χ4v) is 2.74. The third kappa shape index (κ3) is 4.10. The van der Waals surface area contributed by atoms with Crippen molar-refractivity contribution in [2.45, 2.75) is 32.4 Å². The zero-order valence-corrected chi connectivity index (χ0v) is 16.3. The van der Waals surface area contributed by atoms with Gasteiger partial charge in [0.25, 0.3) is 11.8 Å². The van der Waals surface area contributed by atoms with Gasteiger partial charge in [-0.15, -0.1) is 0 Å². The van der Waals surface area contributed by atoms with Gasteiger partial charge < -0.3 is 14.9 Å². The van der Waals surface area contributed by atoms with Gasteiger partial charge in [0.1, 0.15) is 5.60 Å². The number of hydrogen-bond acceptors (Lipinski definition) is 7. The Kier molecular flexibility index (Phi) is 5.10. The first-order chi connectivity index (χ1) is 13.6. The topological polar surface area (TPSA) is 120 Å². The van der Waals surface area contributed by atoms with Crippen molar-refractivity contribution in [3.05, 3.63) is 53.3 Å². The zero-order valence-electron chi connectivity index (χ0n) is 16.3. The molecule has 1 aliphatic heterocycles. The Morgan fingerprint density at radius 3 is 2.14 bits per heavy atom. The van der Waals surface area contributed by atoms with E-state index in [0.29, 0.717) is 5.06 Å². The molecule has 2 aromatic rings. The molecule has 152 valence electrons. The third-order valence-corrected chi connectivity index (χ3v) is 3.99. The summed E-state index contributed by atoms with van der Waals surface area (Å²) in [5.74, 6) is -2.58. The summed E-state index contributed by atoms with van der Waals surface area (Å²) in [6.45, 7) is 5.01. The lowest BCUT2D eigenvalue weighted by Gasteiger charge is -2.23. The molecular weight excluding hydrogens is 380 g/mol. The van der Waals surface area contributed by atoms with Crippen LogP contribution in [0.15, 0.2) is 36.5 Å². The highest BCUT2D eigenvalue weighted by molar-refractivity contribution is 6.20. The minimum atomic E-state index is -1.36. The van der Waals surface area contributed by atoms with Crippen molar-refractivity contribution in [2.24, 2.45) is 7.05 Å². The van der Waals surface area contributed by atoms with E-state index in [2.05, 4.69) is 10.4 Å². The van der Waals surface area contributed by atoms with Gasteiger partial charge in [0.15, 0.2) is 6.04 Å². The number of aryl methyl sites for hydroxylation is 1. The molecule has 1 aliphatic rings. The quantitative estimate of drug-likeness (QED) is 0.776. The second-order valence-corrected chi connectivity index (χ2v) is 7.32. The van der Waals surface area contributed by atoms with Crippen LogP contribution in [0.1, 0.15) is 53.2 Å². The molecule has 1 atom stereocenters. The number of nitrogens with zero attached hydrogens (tertiary/aromatic N) is 3. The Hall–Kier alpha value is -3.69. The van der Waals surface area contributed by atoms with Crippen molar-refractivity contribution in [3.8, 4) is 0 Å². The number of amides is 3. The lowest BCUT2D eigenvalue weighted by atomic mass is 10.1. The van der Waals surface area contributed by atoms with Crippen LogP contribution < -0.4 is 5.32 Å². The summed E-state index contributed by atoms with van der Waals surface area (Å²) in [7, 11) is 1.56. The van der Waals surface area contributed by atoms with E-state index in [1.807, 2.05) is 0 Å². The summed E-state index contributed by atoms with van der Waals surface area (Å²) in [6.07, 6.45) is 0.553. The molecule has 0 aliphatic carbocycles. The molecule has 1 aromatic heterocycles. The molecule has 1 unspecified atom stereocenters. The molecule has 0 bridgehead atoms. The van der Waals surface area contributed by atoms with Gasteiger partial charge in [-0.2, -0.15) is 5.10 Å². The molecule has 3 amide bonds. The maximum atomic E-state index is 12.8. The van der Waals surface area contributed by atoms with Gasteiger partial charge in [-0.3, -0.25) is 14.3 Å². The van der Waals surface area contributed by atoms with E-state index in [9.17, 15) is 19.2 Å². The molecule has 1 aromatic carbocycles. The van der Waals surface area contributed by atoms with Gasteiger partial charge in [-0.1, -0.05) is 17.2 Å². The van der Waals surface area contributed by atoms with E-state index in [4.69, 9.17) is 9.57 Å². The highest BCUT2D eigenvalue weighted by Gasteiger charge is 2.41. The number of rotatable bonds is 4. The first-order valence-corrected chi connectivity index (χ1v) is 8.75. The molecule has 0 spiro atoms. The molecule has 2 heterocycles. The monoisotopic (exact) mass is 400 g/mol. The molecule has 29 heavy (non-hydrogen) atoms. The Balaban J connectivity index is 1.83. The number of fused-ring (bicyclic) bond motifs is 1. The van der Waals surface area contributed by atoms with Crippen molar-refractivity contribution in [1.29, 1.82) is 0 Å². The summed E-state index contributed by atoms with van der Waals surface area (Å²) in [5, 5.41) is 6.74. The normalized spacial score (nSPS) is 14.4. The van der Waals surface area contributed by atoms with E-state index in [-0.39, 0.29) is 16.8 Å². The van der Waals surface area contributed by atoms with Crippen molar-refractivity contribution in [2.75, 3.05) is 0 Å². The van der Waals surface area contributed by atoms with Crippen LogP contribution in [-0.4, -0.2) is 44.3 Å². The van der Waals surface area contributed by atoms with Crippen LogP contribution in [0.5, 0.6) is 0 Å². The van der Waals surface area contributed by atoms with Crippen molar-refractivity contribution in [3.63, 3.8) is 0 Å². The molecule has 0 saturated heterocycles. The van der Waals surface area contributed by atoms with Crippen molar-refractivity contribution >= 4 is 23.9 Å². The largest absolute Gasteiger partial charge is 0.444 e. The highest BCUT2D eigenvalue weighted by atomic mass is 16.7. The maximum Gasteiger partial charge on any atom is 0.408 e. The van der Waals surface area contributed by atoms with Gasteiger partial charge in [0.2, 0.25) is 0 Å². The number of benzene rings is 1. The number of hydroxylamine groups is 2. The molecule has 10 nitrogen and oxygen atoms in total. The highest BCUT2D eigenvalue weighted by Crippen LogP contribution is 2.24. The number of aromatic nitrogens is 2. The second-order valence-electron chi connectivity index (χ2n) is 7.32. The maximum absolute atomic E-state index is 12.8. The Bertz CT molecular complexity index is 956. The van der Waals surface area contributed by atoms with E-state index in [0.717, 1.165) is 0 Å². The van der Waals surface area contributed by atoms with Crippen LogP contribution in [0.25, 0.3) is 0 Å². The molecular formula is C19H20N4O6. The fourth-order valence-electron chi connectivity index (χ4n) is 2.74. The number of ether oxygens (including phenoxy) is 1. The summed E-state index contributed by atoms with van der Waals surface area (Å²) in [5.41, 5.74) is -0.268. The molecule has 1 N–H and O–H groups in total. The van der Waals surface area contributed by atoms with Gasteiger partial charge in [0, 0.05) is 13.2 Å². The molecule has 0 saturated carbocycles. The minimum Gasteiger partial charge on any atom is -0.444 e. The molecule has 0 radical (unpaired) electrons. The van der Waals surface area contributed by atoms with Gasteiger partial charge >= 0.3 is 12.1 Å². The first-order valence-electron chi connectivity index (χ1n) is 8.75. The summed E-state index contributed by atoms with van der Waals surface area (Å²) in [6, 6.07) is 6.24. The standard InChI is InChI=1S/C19H20N4O6/c1-19(2,3)28-18(27)21-14(13-9-10-20-22(13)4)17(26)29-23-15(24)11-7-5-6-8-12(11)16(23)25/h5-10,14H,1-4H3,(H,21,27). The van der Waals surface area contributed by atoms with E-state index < -0.39 is 35.5 Å².